The van der Waals surface area contributed by atoms with Gasteiger partial charge in [-0.05, 0) is 31.2 Å². The normalized spacial score (nSPS) is 10.9. The SMILES string of the molecule is Cc1nccn1-c1ccc2nc(O)ccc2c1. The smallest absolute Gasteiger partial charge is 0.211 e. The van der Waals surface area contributed by atoms with Crippen LogP contribution in [0.4, 0.5) is 0 Å². The second kappa shape index (κ2) is 3.59. The Hall–Kier alpha value is -2.36. The van der Waals surface area contributed by atoms with Crippen molar-refractivity contribution in [1.29, 1.82) is 0 Å². The first-order valence-electron chi connectivity index (χ1n) is 5.34. The highest BCUT2D eigenvalue weighted by atomic mass is 16.3. The Morgan fingerprint density at radius 2 is 2.06 bits per heavy atom. The molecule has 0 spiro atoms. The molecule has 3 aromatic rings. The van der Waals surface area contributed by atoms with Crippen molar-refractivity contribution in [3.63, 3.8) is 0 Å². The minimum absolute atomic E-state index is 0.0454. The van der Waals surface area contributed by atoms with Gasteiger partial charge in [-0.15, -0.1) is 0 Å². The summed E-state index contributed by atoms with van der Waals surface area (Å²) in [4.78, 5) is 8.25. The van der Waals surface area contributed by atoms with Gasteiger partial charge in [-0.1, -0.05) is 0 Å². The van der Waals surface area contributed by atoms with Gasteiger partial charge < -0.3 is 9.67 Å². The number of nitrogens with zero attached hydrogens (tertiary/aromatic N) is 3. The van der Waals surface area contributed by atoms with Crippen LogP contribution >= 0.6 is 0 Å². The Morgan fingerprint density at radius 3 is 2.82 bits per heavy atom. The second-order valence-electron chi connectivity index (χ2n) is 3.89. The van der Waals surface area contributed by atoms with Gasteiger partial charge in [-0.2, -0.15) is 0 Å². The number of rotatable bonds is 1. The van der Waals surface area contributed by atoms with Crippen LogP contribution in [-0.2, 0) is 0 Å². The van der Waals surface area contributed by atoms with Gasteiger partial charge in [-0.25, -0.2) is 9.97 Å². The molecule has 84 valence electrons. The predicted octanol–water partition coefficient (Wildman–Crippen LogP) is 2.43. The summed E-state index contributed by atoms with van der Waals surface area (Å²) in [5.41, 5.74) is 1.83. The van der Waals surface area contributed by atoms with Gasteiger partial charge in [0.15, 0.2) is 0 Å². The largest absolute Gasteiger partial charge is 0.493 e. The van der Waals surface area contributed by atoms with Crippen LogP contribution in [0.2, 0.25) is 0 Å². The third kappa shape index (κ3) is 1.63. The molecule has 0 aliphatic heterocycles. The van der Waals surface area contributed by atoms with Crippen molar-refractivity contribution in [3.05, 3.63) is 48.5 Å². The minimum atomic E-state index is 0.0454. The van der Waals surface area contributed by atoms with E-state index in [2.05, 4.69) is 9.97 Å². The van der Waals surface area contributed by atoms with E-state index in [1.54, 1.807) is 12.3 Å². The van der Waals surface area contributed by atoms with Crippen LogP contribution < -0.4 is 0 Å². The van der Waals surface area contributed by atoms with E-state index in [4.69, 9.17) is 0 Å². The third-order valence-corrected chi connectivity index (χ3v) is 2.76. The molecule has 0 saturated carbocycles. The van der Waals surface area contributed by atoms with E-state index in [1.165, 1.54) is 0 Å². The Bertz CT molecular complexity index is 688. The van der Waals surface area contributed by atoms with Gasteiger partial charge in [0.2, 0.25) is 5.88 Å². The molecule has 0 amide bonds. The maximum Gasteiger partial charge on any atom is 0.211 e. The number of fused-ring (bicyclic) bond motifs is 1. The van der Waals surface area contributed by atoms with Crippen LogP contribution in [-0.4, -0.2) is 19.6 Å². The molecular formula is C13H11N3O. The molecule has 1 N–H and O–H groups in total. The van der Waals surface area contributed by atoms with Crippen LogP contribution in [0.1, 0.15) is 5.82 Å². The monoisotopic (exact) mass is 225 g/mol. The lowest BCUT2D eigenvalue weighted by Crippen LogP contribution is -1.95. The molecule has 0 saturated heterocycles. The summed E-state index contributed by atoms with van der Waals surface area (Å²) in [6, 6.07) is 9.32. The van der Waals surface area contributed by atoms with Crippen LogP contribution in [0.5, 0.6) is 5.88 Å². The van der Waals surface area contributed by atoms with Crippen molar-refractivity contribution in [3.8, 4) is 11.6 Å². The van der Waals surface area contributed by atoms with Crippen LogP contribution in [0, 0.1) is 6.92 Å². The molecule has 4 heteroatoms. The first-order valence-corrected chi connectivity index (χ1v) is 5.34. The summed E-state index contributed by atoms with van der Waals surface area (Å²) in [5.74, 6) is 0.986. The Kier molecular flexibility index (Phi) is 2.08. The molecule has 0 fully saturated rings. The molecule has 0 aliphatic rings. The van der Waals surface area contributed by atoms with Crippen molar-refractivity contribution in [1.82, 2.24) is 14.5 Å². The van der Waals surface area contributed by atoms with Crippen molar-refractivity contribution in [2.24, 2.45) is 0 Å². The van der Waals surface area contributed by atoms with Gasteiger partial charge in [0.1, 0.15) is 5.82 Å². The fourth-order valence-corrected chi connectivity index (χ4v) is 1.90. The fraction of sp³-hybridized carbons (Fsp3) is 0.0769. The molecule has 17 heavy (non-hydrogen) atoms. The fourth-order valence-electron chi connectivity index (χ4n) is 1.90. The number of benzene rings is 1. The standard InChI is InChI=1S/C13H11N3O/c1-9-14-6-7-16(9)11-3-4-12-10(8-11)2-5-13(17)15-12/h2-8H,1H3,(H,15,17). The highest BCUT2D eigenvalue weighted by molar-refractivity contribution is 5.81. The van der Waals surface area contributed by atoms with Gasteiger partial charge in [0.05, 0.1) is 5.52 Å². The molecule has 2 heterocycles. The highest BCUT2D eigenvalue weighted by Gasteiger charge is 2.02. The lowest BCUT2D eigenvalue weighted by molar-refractivity contribution is 0.456. The molecule has 0 radical (unpaired) electrons. The average Bonchev–Trinajstić information content (AvgIpc) is 2.75. The van der Waals surface area contributed by atoms with Crippen LogP contribution in [0.3, 0.4) is 0 Å². The lowest BCUT2D eigenvalue weighted by Gasteiger charge is -2.06. The maximum absolute atomic E-state index is 9.30. The van der Waals surface area contributed by atoms with Gasteiger partial charge in [-0.3, -0.25) is 0 Å². The van der Waals surface area contributed by atoms with Crippen molar-refractivity contribution in [2.45, 2.75) is 6.92 Å². The van der Waals surface area contributed by atoms with Gasteiger partial charge in [0, 0.05) is 29.5 Å². The maximum atomic E-state index is 9.30. The van der Waals surface area contributed by atoms with Crippen molar-refractivity contribution < 1.29 is 5.11 Å². The molecule has 0 unspecified atom stereocenters. The number of hydrogen-bond acceptors (Lipinski definition) is 3. The lowest BCUT2D eigenvalue weighted by atomic mass is 10.2. The summed E-state index contributed by atoms with van der Waals surface area (Å²) in [6.07, 6.45) is 3.69. The van der Waals surface area contributed by atoms with E-state index in [-0.39, 0.29) is 5.88 Å². The first-order chi connectivity index (χ1) is 8.24. The number of imidazole rings is 1. The number of aromatic hydroxyl groups is 1. The van der Waals surface area contributed by atoms with E-state index in [0.717, 1.165) is 22.4 Å². The third-order valence-electron chi connectivity index (χ3n) is 2.76. The van der Waals surface area contributed by atoms with Gasteiger partial charge in [0.25, 0.3) is 0 Å². The quantitative estimate of drug-likeness (QED) is 0.692. The zero-order valence-corrected chi connectivity index (χ0v) is 9.33. The number of aryl methyl sites for hydroxylation is 1. The molecule has 0 bridgehead atoms. The van der Waals surface area contributed by atoms with E-state index in [1.807, 2.05) is 42.0 Å². The van der Waals surface area contributed by atoms with Gasteiger partial charge >= 0.3 is 0 Å². The average molecular weight is 225 g/mol. The van der Waals surface area contributed by atoms with Crippen molar-refractivity contribution in [2.75, 3.05) is 0 Å². The van der Waals surface area contributed by atoms with Crippen molar-refractivity contribution >= 4 is 10.9 Å². The molecule has 1 aromatic carbocycles. The summed E-state index contributed by atoms with van der Waals surface area (Å²) in [6.45, 7) is 1.96. The van der Waals surface area contributed by atoms with E-state index < -0.39 is 0 Å². The zero-order chi connectivity index (χ0) is 11.8. The number of aromatic nitrogens is 3. The molecule has 2 aromatic heterocycles. The molecular weight excluding hydrogens is 214 g/mol. The zero-order valence-electron chi connectivity index (χ0n) is 9.33. The first kappa shape index (κ1) is 9.84. The van der Waals surface area contributed by atoms with E-state index in [0.29, 0.717) is 0 Å². The van der Waals surface area contributed by atoms with E-state index in [9.17, 15) is 5.11 Å². The summed E-state index contributed by atoms with van der Waals surface area (Å²) < 4.78 is 2.01. The Labute approximate surface area is 98.2 Å². The summed E-state index contributed by atoms with van der Waals surface area (Å²) in [5, 5.41) is 10.3. The Balaban J connectivity index is 2.20. The molecule has 0 aliphatic carbocycles. The predicted molar refractivity (Wildman–Crippen MR) is 65.3 cm³/mol. The molecule has 4 nitrogen and oxygen atoms in total. The van der Waals surface area contributed by atoms with Crippen LogP contribution in [0.25, 0.3) is 16.6 Å². The molecule has 3 rings (SSSR count). The number of pyridine rings is 1. The summed E-state index contributed by atoms with van der Waals surface area (Å²) >= 11 is 0. The topological polar surface area (TPSA) is 50.9 Å². The highest BCUT2D eigenvalue weighted by Crippen LogP contribution is 2.20. The second-order valence-corrected chi connectivity index (χ2v) is 3.89. The summed E-state index contributed by atoms with van der Waals surface area (Å²) in [7, 11) is 0. The van der Waals surface area contributed by atoms with E-state index >= 15 is 0 Å². The van der Waals surface area contributed by atoms with Crippen LogP contribution in [0.15, 0.2) is 42.7 Å². The number of hydrogen-bond donors (Lipinski definition) is 1. The molecule has 0 atom stereocenters. The minimum Gasteiger partial charge on any atom is -0.493 e. The Morgan fingerprint density at radius 1 is 1.18 bits per heavy atom.